The topological polar surface area (TPSA) is 59.5 Å². The monoisotopic (exact) mass is 208 g/mol. The highest BCUT2D eigenvalue weighted by Gasteiger charge is 2.35. The van der Waals surface area contributed by atoms with Gasteiger partial charge in [-0.2, -0.15) is 0 Å². The van der Waals surface area contributed by atoms with Crippen LogP contribution in [0.3, 0.4) is 0 Å². The number of carbonyl (C=O) groups is 1. The molecular formula is C11H16N2O2. The zero-order chi connectivity index (χ0) is 10.9. The maximum absolute atomic E-state index is 11.9. The Morgan fingerprint density at radius 3 is 3.07 bits per heavy atom. The second-order valence-electron chi connectivity index (χ2n) is 4.47. The quantitative estimate of drug-likeness (QED) is 0.791. The first-order chi connectivity index (χ1) is 7.14. The number of rotatable bonds is 2. The fourth-order valence-electron chi connectivity index (χ4n) is 1.92. The number of likely N-dealkylation sites (tertiary alicyclic amines) is 1. The minimum atomic E-state index is -0.0304. The van der Waals surface area contributed by atoms with Crippen molar-refractivity contribution >= 4 is 5.91 Å². The maximum Gasteiger partial charge on any atom is 0.289 e. The molecule has 82 valence electrons. The highest BCUT2D eigenvalue weighted by molar-refractivity contribution is 5.91. The Bertz CT molecular complexity index is 347. The van der Waals surface area contributed by atoms with Crippen LogP contribution in [0.2, 0.25) is 0 Å². The van der Waals surface area contributed by atoms with Crippen molar-refractivity contribution < 1.29 is 9.21 Å². The predicted molar refractivity (Wildman–Crippen MR) is 56.4 cm³/mol. The third kappa shape index (κ3) is 1.90. The van der Waals surface area contributed by atoms with Gasteiger partial charge in [0.2, 0.25) is 0 Å². The first kappa shape index (κ1) is 10.2. The molecule has 0 aliphatic carbocycles. The fourth-order valence-corrected chi connectivity index (χ4v) is 1.92. The Morgan fingerprint density at radius 2 is 2.53 bits per heavy atom. The standard InChI is InChI=1S/C11H16N2O2/c1-11(7-12)4-5-13(8-11)10(14)9-3-2-6-15-9/h2-3,6H,4-5,7-8,12H2,1H3. The summed E-state index contributed by atoms with van der Waals surface area (Å²) in [5, 5.41) is 0. The fraction of sp³-hybridized carbons (Fsp3) is 0.545. The molecule has 0 bridgehead atoms. The average molecular weight is 208 g/mol. The molecule has 0 radical (unpaired) electrons. The van der Waals surface area contributed by atoms with Gasteiger partial charge in [0, 0.05) is 13.1 Å². The van der Waals surface area contributed by atoms with Gasteiger partial charge in [-0.25, -0.2) is 0 Å². The molecule has 15 heavy (non-hydrogen) atoms. The molecule has 1 unspecified atom stereocenters. The summed E-state index contributed by atoms with van der Waals surface area (Å²) in [6, 6.07) is 3.42. The average Bonchev–Trinajstić information content (AvgIpc) is 2.86. The lowest BCUT2D eigenvalue weighted by atomic mass is 9.90. The van der Waals surface area contributed by atoms with Crippen LogP contribution in [0.1, 0.15) is 23.9 Å². The Morgan fingerprint density at radius 1 is 1.73 bits per heavy atom. The van der Waals surface area contributed by atoms with E-state index >= 15 is 0 Å². The summed E-state index contributed by atoms with van der Waals surface area (Å²) in [5.41, 5.74) is 5.76. The lowest BCUT2D eigenvalue weighted by Gasteiger charge is -2.21. The van der Waals surface area contributed by atoms with E-state index in [4.69, 9.17) is 10.2 Å². The van der Waals surface area contributed by atoms with Crippen molar-refractivity contribution in [1.29, 1.82) is 0 Å². The van der Waals surface area contributed by atoms with Gasteiger partial charge >= 0.3 is 0 Å². The van der Waals surface area contributed by atoms with Crippen molar-refractivity contribution in [3.8, 4) is 0 Å². The number of nitrogens with two attached hydrogens (primary N) is 1. The predicted octanol–water partition coefficient (Wildman–Crippen LogP) is 1.09. The molecule has 1 aromatic rings. The third-order valence-corrected chi connectivity index (χ3v) is 3.07. The van der Waals surface area contributed by atoms with Gasteiger partial charge < -0.3 is 15.1 Å². The van der Waals surface area contributed by atoms with Crippen molar-refractivity contribution in [1.82, 2.24) is 4.90 Å². The summed E-state index contributed by atoms with van der Waals surface area (Å²) in [7, 11) is 0. The maximum atomic E-state index is 11.9. The summed E-state index contributed by atoms with van der Waals surface area (Å²) >= 11 is 0. The third-order valence-electron chi connectivity index (χ3n) is 3.07. The number of amides is 1. The van der Waals surface area contributed by atoms with Crippen LogP contribution in [-0.2, 0) is 0 Å². The van der Waals surface area contributed by atoms with Crippen molar-refractivity contribution in [2.45, 2.75) is 13.3 Å². The van der Waals surface area contributed by atoms with Crippen molar-refractivity contribution in [2.75, 3.05) is 19.6 Å². The van der Waals surface area contributed by atoms with Crippen LogP contribution in [0.5, 0.6) is 0 Å². The van der Waals surface area contributed by atoms with E-state index in [0.29, 0.717) is 12.3 Å². The van der Waals surface area contributed by atoms with Gasteiger partial charge in [0.25, 0.3) is 5.91 Å². The SMILES string of the molecule is CC1(CN)CCN(C(=O)c2ccco2)C1. The number of furan rings is 1. The van der Waals surface area contributed by atoms with Crippen LogP contribution in [0.4, 0.5) is 0 Å². The number of nitrogens with zero attached hydrogens (tertiary/aromatic N) is 1. The second kappa shape index (κ2) is 3.70. The van der Waals surface area contributed by atoms with Crippen LogP contribution < -0.4 is 5.73 Å². The summed E-state index contributed by atoms with van der Waals surface area (Å²) in [5.74, 6) is 0.383. The summed E-state index contributed by atoms with van der Waals surface area (Å²) in [6.07, 6.45) is 2.49. The minimum Gasteiger partial charge on any atom is -0.459 e. The lowest BCUT2D eigenvalue weighted by molar-refractivity contribution is 0.0745. The van der Waals surface area contributed by atoms with E-state index in [1.807, 2.05) is 4.90 Å². The number of carbonyl (C=O) groups excluding carboxylic acids is 1. The molecule has 1 aromatic heterocycles. The molecule has 2 rings (SSSR count). The summed E-state index contributed by atoms with van der Waals surface area (Å²) in [6.45, 7) is 4.23. The zero-order valence-corrected chi connectivity index (χ0v) is 8.90. The van der Waals surface area contributed by atoms with Crippen LogP contribution >= 0.6 is 0 Å². The first-order valence-electron chi connectivity index (χ1n) is 5.17. The highest BCUT2D eigenvalue weighted by Crippen LogP contribution is 2.29. The van der Waals surface area contributed by atoms with Gasteiger partial charge in [0.1, 0.15) is 0 Å². The molecule has 1 aliphatic heterocycles. The van der Waals surface area contributed by atoms with E-state index in [1.54, 1.807) is 12.1 Å². The Balaban J connectivity index is 2.06. The smallest absolute Gasteiger partial charge is 0.289 e. The molecule has 1 fully saturated rings. The van der Waals surface area contributed by atoms with Crippen LogP contribution in [0.15, 0.2) is 22.8 Å². The molecule has 4 heteroatoms. The van der Waals surface area contributed by atoms with Crippen LogP contribution in [-0.4, -0.2) is 30.4 Å². The lowest BCUT2D eigenvalue weighted by Crippen LogP contribution is -2.34. The van der Waals surface area contributed by atoms with Gasteiger partial charge in [0.15, 0.2) is 5.76 Å². The van der Waals surface area contributed by atoms with Crippen molar-refractivity contribution in [2.24, 2.45) is 11.1 Å². The molecule has 1 aliphatic rings. The molecule has 0 aromatic carbocycles. The van der Waals surface area contributed by atoms with E-state index in [2.05, 4.69) is 6.92 Å². The normalized spacial score (nSPS) is 25.9. The Hall–Kier alpha value is -1.29. The molecule has 0 saturated carbocycles. The van der Waals surface area contributed by atoms with Crippen LogP contribution in [0, 0.1) is 5.41 Å². The van der Waals surface area contributed by atoms with Gasteiger partial charge in [-0.05, 0) is 30.5 Å². The molecule has 0 spiro atoms. The second-order valence-corrected chi connectivity index (χ2v) is 4.47. The Labute approximate surface area is 89.0 Å². The Kier molecular flexibility index (Phi) is 2.52. The first-order valence-corrected chi connectivity index (χ1v) is 5.17. The van der Waals surface area contributed by atoms with Gasteiger partial charge in [-0.15, -0.1) is 0 Å². The van der Waals surface area contributed by atoms with Gasteiger partial charge in [-0.3, -0.25) is 4.79 Å². The van der Waals surface area contributed by atoms with E-state index < -0.39 is 0 Å². The van der Waals surface area contributed by atoms with Gasteiger partial charge in [-0.1, -0.05) is 6.92 Å². The van der Waals surface area contributed by atoms with Crippen molar-refractivity contribution in [3.05, 3.63) is 24.2 Å². The minimum absolute atomic E-state index is 0.0304. The molecule has 2 heterocycles. The molecule has 1 atom stereocenters. The molecule has 4 nitrogen and oxygen atoms in total. The van der Waals surface area contributed by atoms with E-state index in [-0.39, 0.29) is 11.3 Å². The molecule has 1 amide bonds. The van der Waals surface area contributed by atoms with Gasteiger partial charge in [0.05, 0.1) is 6.26 Å². The molecule has 1 saturated heterocycles. The van der Waals surface area contributed by atoms with Crippen molar-refractivity contribution in [3.63, 3.8) is 0 Å². The highest BCUT2D eigenvalue weighted by atomic mass is 16.3. The molecule has 2 N–H and O–H groups in total. The number of hydrogen-bond acceptors (Lipinski definition) is 3. The summed E-state index contributed by atoms with van der Waals surface area (Å²) < 4.78 is 5.09. The van der Waals surface area contributed by atoms with E-state index in [1.165, 1.54) is 6.26 Å². The number of hydrogen-bond donors (Lipinski definition) is 1. The van der Waals surface area contributed by atoms with Crippen LogP contribution in [0.25, 0.3) is 0 Å². The largest absolute Gasteiger partial charge is 0.459 e. The summed E-state index contributed by atoms with van der Waals surface area (Å²) in [4.78, 5) is 13.7. The molecular weight excluding hydrogens is 192 g/mol. The zero-order valence-electron chi connectivity index (χ0n) is 8.90. The van der Waals surface area contributed by atoms with E-state index in [0.717, 1.165) is 19.5 Å². The van der Waals surface area contributed by atoms with E-state index in [9.17, 15) is 4.79 Å².